The maximum Gasteiger partial charge on any atom is 0.177 e. The predicted molar refractivity (Wildman–Crippen MR) is 54.8 cm³/mol. The van der Waals surface area contributed by atoms with Gasteiger partial charge in [-0.3, -0.25) is 0 Å². The van der Waals surface area contributed by atoms with Gasteiger partial charge in [0.1, 0.15) is 6.10 Å². The lowest BCUT2D eigenvalue weighted by Gasteiger charge is -2.08. The Bertz CT molecular complexity index is 305. The second-order valence-corrected chi connectivity index (χ2v) is 3.26. The van der Waals surface area contributed by atoms with E-state index in [1.807, 2.05) is 37.3 Å². The van der Waals surface area contributed by atoms with Gasteiger partial charge in [-0.2, -0.15) is 0 Å². The van der Waals surface area contributed by atoms with E-state index in [-0.39, 0.29) is 12.4 Å². The highest BCUT2D eigenvalue weighted by Crippen LogP contribution is 2.26. The molecule has 2 rings (SSSR count). The van der Waals surface area contributed by atoms with Crippen LogP contribution >= 0.6 is 0 Å². The molecule has 0 spiro atoms. The highest BCUT2D eigenvalue weighted by Gasteiger charge is 2.24. The van der Waals surface area contributed by atoms with Crippen molar-refractivity contribution in [1.82, 2.24) is 0 Å². The van der Waals surface area contributed by atoms with Gasteiger partial charge in [0.2, 0.25) is 0 Å². The minimum absolute atomic E-state index is 0.0809. The van der Waals surface area contributed by atoms with Crippen LogP contribution in [0.4, 0.5) is 0 Å². The van der Waals surface area contributed by atoms with Gasteiger partial charge < -0.3 is 9.47 Å². The van der Waals surface area contributed by atoms with Crippen molar-refractivity contribution in [2.75, 3.05) is 6.61 Å². The summed E-state index contributed by atoms with van der Waals surface area (Å²) in [7, 11) is 0. The van der Waals surface area contributed by atoms with Crippen molar-refractivity contribution in [1.29, 1.82) is 0 Å². The summed E-state index contributed by atoms with van der Waals surface area (Å²) >= 11 is 0. The molecule has 0 bridgehead atoms. The zero-order valence-electron chi connectivity index (χ0n) is 8.22. The number of ether oxygens (including phenoxy) is 2. The van der Waals surface area contributed by atoms with Gasteiger partial charge in [0.05, 0.1) is 6.61 Å². The normalized spacial score (nSPS) is 27.2. The fourth-order valence-electron chi connectivity index (χ4n) is 1.52. The topological polar surface area (TPSA) is 18.5 Å². The van der Waals surface area contributed by atoms with Crippen molar-refractivity contribution in [3.63, 3.8) is 0 Å². The lowest BCUT2D eigenvalue weighted by Crippen LogP contribution is -2.03. The molecule has 2 heteroatoms. The van der Waals surface area contributed by atoms with Gasteiger partial charge in [-0.15, -0.1) is 0 Å². The maximum absolute atomic E-state index is 5.68. The highest BCUT2D eigenvalue weighted by molar-refractivity contribution is 5.18. The molecule has 0 radical (unpaired) electrons. The molecule has 1 heterocycles. The summed E-state index contributed by atoms with van der Waals surface area (Å²) in [5, 5.41) is 0. The average molecular weight is 190 g/mol. The monoisotopic (exact) mass is 190 g/mol. The molecule has 14 heavy (non-hydrogen) atoms. The molecule has 0 unspecified atom stereocenters. The van der Waals surface area contributed by atoms with Crippen LogP contribution in [0.1, 0.15) is 18.6 Å². The van der Waals surface area contributed by atoms with E-state index < -0.39 is 0 Å². The molecule has 1 saturated heterocycles. The second kappa shape index (κ2) is 4.40. The Labute approximate surface area is 84.2 Å². The van der Waals surface area contributed by atoms with Crippen LogP contribution in [0.5, 0.6) is 0 Å². The first-order valence-corrected chi connectivity index (χ1v) is 4.85. The predicted octanol–water partition coefficient (Wildman–Crippen LogP) is 2.68. The zero-order chi connectivity index (χ0) is 9.80. The standard InChI is InChI=1S/C12H14O2/c1-2-6-12-13-9-11(14-12)10-7-4-3-5-8-10/h2-8,11-12H,9H2,1H3/b6-2+/t11-,12+/m1/s1. The lowest BCUT2D eigenvalue weighted by atomic mass is 10.1. The van der Waals surface area contributed by atoms with Crippen LogP contribution in [0.2, 0.25) is 0 Å². The SMILES string of the molecule is C/C=C/[C@H]1OC[C@H](c2ccccc2)O1. The van der Waals surface area contributed by atoms with Crippen molar-refractivity contribution in [2.24, 2.45) is 0 Å². The Morgan fingerprint density at radius 3 is 2.79 bits per heavy atom. The third kappa shape index (κ3) is 2.03. The van der Waals surface area contributed by atoms with Crippen LogP contribution in [0.3, 0.4) is 0 Å². The first-order chi connectivity index (χ1) is 6.90. The minimum atomic E-state index is -0.176. The van der Waals surface area contributed by atoms with Gasteiger partial charge in [-0.05, 0) is 18.6 Å². The summed E-state index contributed by atoms with van der Waals surface area (Å²) in [6.45, 7) is 2.60. The molecule has 0 aromatic heterocycles. The van der Waals surface area contributed by atoms with Crippen LogP contribution in [0.25, 0.3) is 0 Å². The van der Waals surface area contributed by atoms with Crippen molar-refractivity contribution >= 4 is 0 Å². The Kier molecular flexibility index (Phi) is 2.96. The fourth-order valence-corrected chi connectivity index (χ4v) is 1.52. The third-order valence-electron chi connectivity index (χ3n) is 2.23. The molecular weight excluding hydrogens is 176 g/mol. The molecule has 1 fully saturated rings. The van der Waals surface area contributed by atoms with Gasteiger partial charge in [0, 0.05) is 0 Å². The Balaban J connectivity index is 2.02. The Hall–Kier alpha value is -1.12. The first kappa shape index (κ1) is 9.44. The molecule has 2 nitrogen and oxygen atoms in total. The van der Waals surface area contributed by atoms with Crippen LogP contribution in [-0.4, -0.2) is 12.9 Å². The zero-order valence-corrected chi connectivity index (χ0v) is 8.22. The summed E-state index contributed by atoms with van der Waals surface area (Å²) in [4.78, 5) is 0. The first-order valence-electron chi connectivity index (χ1n) is 4.85. The van der Waals surface area contributed by atoms with Crippen molar-refractivity contribution in [2.45, 2.75) is 19.3 Å². The van der Waals surface area contributed by atoms with Gasteiger partial charge in [0.25, 0.3) is 0 Å². The highest BCUT2D eigenvalue weighted by atomic mass is 16.7. The molecule has 0 aliphatic carbocycles. The molecule has 2 atom stereocenters. The summed E-state index contributed by atoms with van der Waals surface area (Å²) in [6, 6.07) is 10.2. The van der Waals surface area contributed by atoms with Crippen LogP contribution in [-0.2, 0) is 9.47 Å². The van der Waals surface area contributed by atoms with E-state index in [1.165, 1.54) is 5.56 Å². The molecule has 1 aliphatic rings. The summed E-state index contributed by atoms with van der Waals surface area (Å²) in [5.74, 6) is 0. The van der Waals surface area contributed by atoms with Gasteiger partial charge in [-0.1, -0.05) is 36.4 Å². The Morgan fingerprint density at radius 1 is 1.29 bits per heavy atom. The molecule has 1 aromatic rings. The lowest BCUT2D eigenvalue weighted by molar-refractivity contribution is -0.0201. The van der Waals surface area contributed by atoms with E-state index in [0.717, 1.165) is 0 Å². The largest absolute Gasteiger partial charge is 0.346 e. The molecule has 74 valence electrons. The molecule has 0 amide bonds. The third-order valence-corrected chi connectivity index (χ3v) is 2.23. The minimum Gasteiger partial charge on any atom is -0.346 e. The van der Waals surface area contributed by atoms with E-state index in [0.29, 0.717) is 6.61 Å². The van der Waals surface area contributed by atoms with E-state index in [1.54, 1.807) is 0 Å². The molecule has 0 N–H and O–H groups in total. The molecule has 1 aliphatic heterocycles. The van der Waals surface area contributed by atoms with Crippen LogP contribution in [0, 0.1) is 0 Å². The fraction of sp³-hybridized carbons (Fsp3) is 0.333. The quantitative estimate of drug-likeness (QED) is 0.667. The van der Waals surface area contributed by atoms with Crippen molar-refractivity contribution < 1.29 is 9.47 Å². The maximum atomic E-state index is 5.68. The van der Waals surface area contributed by atoms with E-state index in [2.05, 4.69) is 12.1 Å². The molecular formula is C12H14O2. The van der Waals surface area contributed by atoms with Gasteiger partial charge in [0.15, 0.2) is 6.29 Å². The summed E-state index contributed by atoms with van der Waals surface area (Å²) in [6.07, 6.45) is 3.77. The van der Waals surface area contributed by atoms with E-state index in [9.17, 15) is 0 Å². The number of benzene rings is 1. The summed E-state index contributed by atoms with van der Waals surface area (Å²) in [5.41, 5.74) is 1.18. The second-order valence-electron chi connectivity index (χ2n) is 3.26. The van der Waals surface area contributed by atoms with E-state index >= 15 is 0 Å². The number of hydrogen-bond donors (Lipinski definition) is 0. The van der Waals surface area contributed by atoms with Gasteiger partial charge >= 0.3 is 0 Å². The number of allylic oxidation sites excluding steroid dienone is 1. The van der Waals surface area contributed by atoms with Crippen molar-refractivity contribution in [3.05, 3.63) is 48.0 Å². The Morgan fingerprint density at radius 2 is 2.07 bits per heavy atom. The van der Waals surface area contributed by atoms with E-state index in [4.69, 9.17) is 9.47 Å². The molecule has 0 saturated carbocycles. The average Bonchev–Trinajstić information content (AvgIpc) is 2.68. The van der Waals surface area contributed by atoms with Crippen molar-refractivity contribution in [3.8, 4) is 0 Å². The number of rotatable bonds is 2. The van der Waals surface area contributed by atoms with Crippen LogP contribution < -0.4 is 0 Å². The molecule has 1 aromatic carbocycles. The van der Waals surface area contributed by atoms with Crippen LogP contribution in [0.15, 0.2) is 42.5 Å². The van der Waals surface area contributed by atoms with Gasteiger partial charge in [-0.25, -0.2) is 0 Å². The summed E-state index contributed by atoms with van der Waals surface area (Å²) < 4.78 is 11.1. The number of hydrogen-bond acceptors (Lipinski definition) is 2. The smallest absolute Gasteiger partial charge is 0.177 e.